The molecule has 0 fully saturated rings. The molecule has 2 aromatic carbocycles. The zero-order valence-corrected chi connectivity index (χ0v) is 13.5. The Bertz CT molecular complexity index is 717. The van der Waals surface area contributed by atoms with Crippen molar-refractivity contribution in [1.29, 1.82) is 0 Å². The zero-order valence-electron chi connectivity index (χ0n) is 11.2. The third kappa shape index (κ3) is 2.84. The Kier molecular flexibility index (Phi) is 4.02. The van der Waals surface area contributed by atoms with E-state index in [-0.39, 0.29) is 11.9 Å². The second-order valence-electron chi connectivity index (χ2n) is 5.07. The Balaban J connectivity index is 2.02. The molecule has 1 aliphatic rings. The van der Waals surface area contributed by atoms with Gasteiger partial charge in [-0.1, -0.05) is 39.7 Å². The van der Waals surface area contributed by atoms with Gasteiger partial charge >= 0.3 is 0 Å². The maximum Gasteiger partial charge on any atom is 0.251 e. The Morgan fingerprint density at radius 2 is 2.05 bits per heavy atom. The van der Waals surface area contributed by atoms with E-state index in [1.807, 2.05) is 36.4 Å². The molecule has 1 amide bonds. The van der Waals surface area contributed by atoms with Gasteiger partial charge in [-0.05, 0) is 47.4 Å². The Labute approximate surface area is 136 Å². The number of amides is 1. The third-order valence-corrected chi connectivity index (χ3v) is 4.67. The molecule has 5 heteroatoms. The first-order valence-corrected chi connectivity index (χ1v) is 7.85. The highest BCUT2D eigenvalue weighted by atomic mass is 79.9. The normalized spacial score (nSPS) is 15.3. The molecule has 2 aromatic rings. The van der Waals surface area contributed by atoms with E-state index in [1.165, 1.54) is 0 Å². The summed E-state index contributed by atoms with van der Waals surface area (Å²) in [6, 6.07) is 11.0. The van der Waals surface area contributed by atoms with Crippen LogP contribution in [0.4, 0.5) is 0 Å². The Morgan fingerprint density at radius 1 is 1.24 bits per heavy atom. The predicted molar refractivity (Wildman–Crippen MR) is 87.7 cm³/mol. The van der Waals surface area contributed by atoms with Crippen LogP contribution in [0.25, 0.3) is 0 Å². The van der Waals surface area contributed by atoms with Crippen LogP contribution in [-0.4, -0.2) is 12.5 Å². The lowest BCUT2D eigenvalue weighted by atomic mass is 9.93. The molecular formula is C16H14BrClN2O. The molecular weight excluding hydrogens is 352 g/mol. The van der Waals surface area contributed by atoms with Gasteiger partial charge in [0.15, 0.2) is 0 Å². The van der Waals surface area contributed by atoms with Crippen molar-refractivity contribution in [2.45, 2.75) is 12.5 Å². The van der Waals surface area contributed by atoms with Crippen LogP contribution >= 0.6 is 27.5 Å². The zero-order chi connectivity index (χ0) is 15.0. The summed E-state index contributed by atoms with van der Waals surface area (Å²) in [5.74, 6) is -0.0320. The fourth-order valence-corrected chi connectivity index (χ4v) is 3.23. The highest BCUT2D eigenvalue weighted by Gasteiger charge is 2.20. The van der Waals surface area contributed by atoms with Crippen molar-refractivity contribution < 1.29 is 4.79 Å². The molecule has 3 N–H and O–H groups in total. The van der Waals surface area contributed by atoms with Gasteiger partial charge in [-0.3, -0.25) is 4.79 Å². The molecule has 21 heavy (non-hydrogen) atoms. The second kappa shape index (κ2) is 5.79. The summed E-state index contributed by atoms with van der Waals surface area (Å²) in [5.41, 5.74) is 9.93. The molecule has 0 saturated carbocycles. The van der Waals surface area contributed by atoms with Crippen LogP contribution in [-0.2, 0) is 6.42 Å². The van der Waals surface area contributed by atoms with Gasteiger partial charge in [0.2, 0.25) is 0 Å². The van der Waals surface area contributed by atoms with Gasteiger partial charge in [-0.15, -0.1) is 0 Å². The lowest BCUT2D eigenvalue weighted by Gasteiger charge is -2.20. The fourth-order valence-electron chi connectivity index (χ4n) is 2.56. The van der Waals surface area contributed by atoms with Crippen LogP contribution in [0.2, 0.25) is 5.02 Å². The molecule has 3 rings (SSSR count). The quantitative estimate of drug-likeness (QED) is 0.856. The predicted octanol–water partition coefficient (Wildman–Crippen LogP) is 3.44. The minimum absolute atomic E-state index is 0.0320. The molecule has 108 valence electrons. The minimum atomic E-state index is -0.335. The van der Waals surface area contributed by atoms with Gasteiger partial charge in [0, 0.05) is 21.6 Å². The second-order valence-corrected chi connectivity index (χ2v) is 6.36. The van der Waals surface area contributed by atoms with Crippen LogP contribution in [0.15, 0.2) is 40.9 Å². The van der Waals surface area contributed by atoms with E-state index in [1.54, 1.807) is 0 Å². The van der Waals surface area contributed by atoms with E-state index in [9.17, 15) is 4.79 Å². The molecule has 0 spiro atoms. The molecule has 1 unspecified atom stereocenters. The standard InChI is InChI=1S/C16H14BrClN2O/c17-14-4-3-11(18)8-13(14)15(19)10-2-1-9-5-6-20-16(21)12(9)7-10/h1-4,7-8,15H,5-6,19H2,(H,20,21). The first-order valence-electron chi connectivity index (χ1n) is 6.68. The first kappa shape index (κ1) is 14.6. The summed E-state index contributed by atoms with van der Waals surface area (Å²) in [7, 11) is 0. The van der Waals surface area contributed by atoms with Gasteiger partial charge in [0.1, 0.15) is 0 Å². The monoisotopic (exact) mass is 364 g/mol. The molecule has 0 aromatic heterocycles. The smallest absolute Gasteiger partial charge is 0.251 e. The lowest BCUT2D eigenvalue weighted by Crippen LogP contribution is -2.32. The van der Waals surface area contributed by atoms with E-state index in [2.05, 4.69) is 21.2 Å². The van der Waals surface area contributed by atoms with Crippen LogP contribution in [0.1, 0.15) is 33.1 Å². The number of hydrogen-bond donors (Lipinski definition) is 2. The van der Waals surface area contributed by atoms with E-state index < -0.39 is 0 Å². The van der Waals surface area contributed by atoms with Crippen molar-refractivity contribution in [3.8, 4) is 0 Å². The molecule has 1 aliphatic heterocycles. The molecule has 0 radical (unpaired) electrons. The summed E-state index contributed by atoms with van der Waals surface area (Å²) in [5, 5.41) is 3.49. The average molecular weight is 366 g/mol. The lowest BCUT2D eigenvalue weighted by molar-refractivity contribution is 0.0946. The van der Waals surface area contributed by atoms with Gasteiger partial charge in [-0.25, -0.2) is 0 Å². The number of benzene rings is 2. The maximum atomic E-state index is 11.9. The van der Waals surface area contributed by atoms with Crippen LogP contribution in [0.3, 0.4) is 0 Å². The van der Waals surface area contributed by atoms with Crippen molar-refractivity contribution in [2.24, 2.45) is 5.73 Å². The van der Waals surface area contributed by atoms with Crippen molar-refractivity contribution in [1.82, 2.24) is 5.32 Å². The number of hydrogen-bond acceptors (Lipinski definition) is 2. The number of carbonyl (C=O) groups excluding carboxylic acids is 1. The van der Waals surface area contributed by atoms with E-state index in [0.717, 1.165) is 27.6 Å². The van der Waals surface area contributed by atoms with E-state index in [0.29, 0.717) is 17.1 Å². The molecule has 1 atom stereocenters. The van der Waals surface area contributed by atoms with Crippen LogP contribution in [0, 0.1) is 0 Å². The molecule has 0 aliphatic carbocycles. The minimum Gasteiger partial charge on any atom is -0.352 e. The van der Waals surface area contributed by atoms with Crippen molar-refractivity contribution in [3.05, 3.63) is 68.1 Å². The van der Waals surface area contributed by atoms with Crippen molar-refractivity contribution in [2.75, 3.05) is 6.54 Å². The first-order chi connectivity index (χ1) is 10.1. The average Bonchev–Trinajstić information content (AvgIpc) is 2.49. The van der Waals surface area contributed by atoms with E-state index >= 15 is 0 Å². The van der Waals surface area contributed by atoms with E-state index in [4.69, 9.17) is 17.3 Å². The maximum absolute atomic E-state index is 11.9. The summed E-state index contributed by atoms with van der Waals surface area (Å²) >= 11 is 9.54. The SMILES string of the molecule is NC(c1ccc2c(c1)C(=O)NCC2)c1cc(Cl)ccc1Br. The topological polar surface area (TPSA) is 55.1 Å². The molecule has 0 bridgehead atoms. The Morgan fingerprint density at radius 3 is 2.86 bits per heavy atom. The molecule has 0 saturated heterocycles. The molecule has 1 heterocycles. The summed E-state index contributed by atoms with van der Waals surface area (Å²) < 4.78 is 0.904. The number of nitrogens with one attached hydrogen (secondary N) is 1. The number of fused-ring (bicyclic) bond motifs is 1. The van der Waals surface area contributed by atoms with Gasteiger partial charge < -0.3 is 11.1 Å². The van der Waals surface area contributed by atoms with Crippen LogP contribution in [0.5, 0.6) is 0 Å². The summed E-state index contributed by atoms with van der Waals surface area (Å²) in [6.45, 7) is 0.692. The molecule has 3 nitrogen and oxygen atoms in total. The van der Waals surface area contributed by atoms with Crippen molar-refractivity contribution >= 4 is 33.4 Å². The number of halogens is 2. The summed E-state index contributed by atoms with van der Waals surface area (Å²) in [6.07, 6.45) is 0.859. The van der Waals surface area contributed by atoms with Crippen LogP contribution < -0.4 is 11.1 Å². The number of rotatable bonds is 2. The number of carbonyl (C=O) groups is 1. The fraction of sp³-hybridized carbons (Fsp3) is 0.188. The largest absolute Gasteiger partial charge is 0.352 e. The van der Waals surface area contributed by atoms with Crippen molar-refractivity contribution in [3.63, 3.8) is 0 Å². The number of nitrogens with two attached hydrogens (primary N) is 1. The Hall–Kier alpha value is -1.36. The van der Waals surface area contributed by atoms with Gasteiger partial charge in [0.05, 0.1) is 6.04 Å². The summed E-state index contributed by atoms with van der Waals surface area (Å²) in [4.78, 5) is 11.9. The van der Waals surface area contributed by atoms with Gasteiger partial charge in [-0.2, -0.15) is 0 Å². The highest BCUT2D eigenvalue weighted by Crippen LogP contribution is 2.30. The van der Waals surface area contributed by atoms with Gasteiger partial charge in [0.25, 0.3) is 5.91 Å². The third-order valence-electron chi connectivity index (χ3n) is 3.71. The highest BCUT2D eigenvalue weighted by molar-refractivity contribution is 9.10.